The number of hydrogen-bond donors (Lipinski definition) is 1. The van der Waals surface area contributed by atoms with Gasteiger partial charge in [-0.05, 0) is 37.0 Å². The lowest BCUT2D eigenvalue weighted by molar-refractivity contribution is -0.00306. The molecular weight excluding hydrogens is 210 g/mol. The first kappa shape index (κ1) is 12.7. The van der Waals surface area contributed by atoms with Crippen LogP contribution >= 0.6 is 0 Å². The van der Waals surface area contributed by atoms with Crippen LogP contribution in [0.2, 0.25) is 0 Å². The Morgan fingerprint density at radius 1 is 1.12 bits per heavy atom. The molecule has 0 amide bonds. The van der Waals surface area contributed by atoms with Gasteiger partial charge in [-0.2, -0.15) is 0 Å². The number of nitrogens with two attached hydrogens (primary N) is 1. The molecule has 1 aliphatic heterocycles. The Balaban J connectivity index is 2.32. The summed E-state index contributed by atoms with van der Waals surface area (Å²) in [5.74, 6) is 0.751. The highest BCUT2D eigenvalue weighted by molar-refractivity contribution is 5.81. The van der Waals surface area contributed by atoms with Crippen molar-refractivity contribution in [2.75, 3.05) is 13.1 Å². The minimum absolute atomic E-state index is 0.185. The van der Waals surface area contributed by atoms with Gasteiger partial charge in [-0.3, -0.25) is 4.99 Å². The van der Waals surface area contributed by atoms with Crippen molar-refractivity contribution in [3.63, 3.8) is 0 Å². The first-order valence-electron chi connectivity index (χ1n) is 6.77. The maximum Gasteiger partial charge on any atom is 0.191 e. The van der Waals surface area contributed by atoms with Crippen LogP contribution in [-0.4, -0.2) is 29.5 Å². The number of nitrogens with zero attached hydrogens (tertiary/aromatic N) is 2. The zero-order valence-corrected chi connectivity index (χ0v) is 12.0. The second kappa shape index (κ2) is 3.63. The second-order valence-electron chi connectivity index (χ2n) is 7.50. The van der Waals surface area contributed by atoms with E-state index >= 15 is 0 Å². The van der Waals surface area contributed by atoms with E-state index in [2.05, 4.69) is 44.5 Å². The van der Waals surface area contributed by atoms with Gasteiger partial charge in [0.2, 0.25) is 0 Å². The van der Waals surface area contributed by atoms with E-state index in [-0.39, 0.29) is 5.54 Å². The average molecular weight is 237 g/mol. The average Bonchev–Trinajstić information content (AvgIpc) is 2.36. The number of likely N-dealkylation sites (N-methyl/N-ethyl adjacent to an activating group) is 1. The Bertz CT molecular complexity index is 325. The Hall–Kier alpha value is -0.730. The Labute approximate surface area is 105 Å². The molecule has 0 aromatic heterocycles. The smallest absolute Gasteiger partial charge is 0.191 e. The van der Waals surface area contributed by atoms with Gasteiger partial charge in [0.25, 0.3) is 0 Å². The fourth-order valence-corrected chi connectivity index (χ4v) is 4.71. The summed E-state index contributed by atoms with van der Waals surface area (Å²) < 4.78 is 0. The van der Waals surface area contributed by atoms with Crippen LogP contribution < -0.4 is 5.73 Å². The van der Waals surface area contributed by atoms with Crippen molar-refractivity contribution < 1.29 is 0 Å². The van der Waals surface area contributed by atoms with Gasteiger partial charge in [0.1, 0.15) is 0 Å². The highest BCUT2D eigenvalue weighted by Crippen LogP contribution is 2.53. The molecule has 0 saturated heterocycles. The SMILES string of the molecule is CCN1C(N)=NCC12CC(C)(C)CC(C)(C)C2. The van der Waals surface area contributed by atoms with Gasteiger partial charge in [0.15, 0.2) is 5.96 Å². The number of rotatable bonds is 1. The van der Waals surface area contributed by atoms with Gasteiger partial charge in [0.05, 0.1) is 12.1 Å². The topological polar surface area (TPSA) is 41.6 Å². The van der Waals surface area contributed by atoms with Crippen LogP contribution in [0.1, 0.15) is 53.9 Å². The lowest BCUT2D eigenvalue weighted by atomic mass is 9.58. The van der Waals surface area contributed by atoms with Crippen molar-refractivity contribution >= 4 is 5.96 Å². The Morgan fingerprint density at radius 3 is 2.12 bits per heavy atom. The fourth-order valence-electron chi connectivity index (χ4n) is 4.71. The normalized spacial score (nSPS) is 29.5. The third-order valence-electron chi connectivity index (χ3n) is 4.27. The fraction of sp³-hybridized carbons (Fsp3) is 0.929. The highest BCUT2D eigenvalue weighted by Gasteiger charge is 2.52. The van der Waals surface area contributed by atoms with E-state index in [9.17, 15) is 0 Å². The molecule has 1 saturated carbocycles. The van der Waals surface area contributed by atoms with Gasteiger partial charge >= 0.3 is 0 Å². The molecule has 0 aromatic carbocycles. The lowest BCUT2D eigenvalue weighted by Gasteiger charge is -2.53. The number of guanidine groups is 1. The molecule has 98 valence electrons. The number of aliphatic imine (C=N–C) groups is 1. The van der Waals surface area contributed by atoms with Crippen LogP contribution in [0.15, 0.2) is 4.99 Å². The van der Waals surface area contributed by atoms with Gasteiger partial charge < -0.3 is 10.6 Å². The predicted molar refractivity (Wildman–Crippen MR) is 73.0 cm³/mol. The van der Waals surface area contributed by atoms with Crippen LogP contribution in [0.25, 0.3) is 0 Å². The van der Waals surface area contributed by atoms with Crippen LogP contribution in [0.4, 0.5) is 0 Å². The van der Waals surface area contributed by atoms with Crippen molar-refractivity contribution in [3.8, 4) is 0 Å². The molecule has 3 nitrogen and oxygen atoms in total. The molecular formula is C14H27N3. The van der Waals surface area contributed by atoms with E-state index in [0.717, 1.165) is 19.0 Å². The molecule has 1 spiro atoms. The zero-order valence-electron chi connectivity index (χ0n) is 12.0. The minimum Gasteiger partial charge on any atom is -0.370 e. The summed E-state index contributed by atoms with van der Waals surface area (Å²) in [5.41, 5.74) is 7.00. The summed E-state index contributed by atoms with van der Waals surface area (Å²) in [7, 11) is 0. The molecule has 0 unspecified atom stereocenters. The Kier molecular flexibility index (Phi) is 2.72. The third kappa shape index (κ3) is 2.16. The highest BCUT2D eigenvalue weighted by atomic mass is 15.4. The molecule has 3 heteroatoms. The zero-order chi connectivity index (χ0) is 12.9. The van der Waals surface area contributed by atoms with E-state index in [0.29, 0.717) is 10.8 Å². The molecule has 2 rings (SSSR count). The standard InChI is InChI=1S/C14H27N3/c1-6-17-11(15)16-10-14(17)8-12(2,3)7-13(4,5)9-14/h6-10H2,1-5H3,(H2,15,16). The van der Waals surface area contributed by atoms with Gasteiger partial charge in [-0.25, -0.2) is 0 Å². The van der Waals surface area contributed by atoms with Crippen molar-refractivity contribution in [1.82, 2.24) is 4.90 Å². The predicted octanol–water partition coefficient (Wildman–Crippen LogP) is 2.61. The van der Waals surface area contributed by atoms with Crippen LogP contribution in [0.5, 0.6) is 0 Å². The van der Waals surface area contributed by atoms with E-state index in [1.165, 1.54) is 19.3 Å². The summed E-state index contributed by atoms with van der Waals surface area (Å²) in [6.07, 6.45) is 3.71. The van der Waals surface area contributed by atoms with Crippen molar-refractivity contribution in [2.24, 2.45) is 21.6 Å². The summed E-state index contributed by atoms with van der Waals surface area (Å²) in [6.45, 7) is 13.6. The lowest BCUT2D eigenvalue weighted by Crippen LogP contribution is -2.58. The maximum absolute atomic E-state index is 6.05. The van der Waals surface area contributed by atoms with E-state index in [1.807, 2.05) is 0 Å². The summed E-state index contributed by atoms with van der Waals surface area (Å²) in [6, 6.07) is 0. The number of hydrogen-bond acceptors (Lipinski definition) is 3. The molecule has 1 aliphatic carbocycles. The van der Waals surface area contributed by atoms with Gasteiger partial charge in [-0.15, -0.1) is 0 Å². The molecule has 1 fully saturated rings. The van der Waals surface area contributed by atoms with Crippen LogP contribution in [-0.2, 0) is 0 Å². The minimum atomic E-state index is 0.185. The van der Waals surface area contributed by atoms with E-state index in [4.69, 9.17) is 5.73 Å². The molecule has 0 radical (unpaired) electrons. The summed E-state index contributed by atoms with van der Waals surface area (Å²) in [5, 5.41) is 0. The first-order chi connectivity index (χ1) is 7.70. The van der Waals surface area contributed by atoms with E-state index in [1.54, 1.807) is 0 Å². The third-order valence-corrected chi connectivity index (χ3v) is 4.27. The molecule has 0 aromatic rings. The molecule has 0 atom stereocenters. The first-order valence-corrected chi connectivity index (χ1v) is 6.77. The molecule has 1 heterocycles. The molecule has 0 bridgehead atoms. The van der Waals surface area contributed by atoms with Crippen molar-refractivity contribution in [2.45, 2.75) is 59.4 Å². The van der Waals surface area contributed by atoms with Crippen LogP contribution in [0.3, 0.4) is 0 Å². The van der Waals surface area contributed by atoms with Gasteiger partial charge in [-0.1, -0.05) is 27.7 Å². The molecule has 2 N–H and O–H groups in total. The Morgan fingerprint density at radius 2 is 1.65 bits per heavy atom. The second-order valence-corrected chi connectivity index (χ2v) is 7.50. The monoisotopic (exact) mass is 237 g/mol. The summed E-state index contributed by atoms with van der Waals surface area (Å²) >= 11 is 0. The summed E-state index contributed by atoms with van der Waals surface area (Å²) in [4.78, 5) is 6.86. The maximum atomic E-state index is 6.05. The van der Waals surface area contributed by atoms with Gasteiger partial charge in [0, 0.05) is 6.54 Å². The van der Waals surface area contributed by atoms with Crippen molar-refractivity contribution in [1.29, 1.82) is 0 Å². The quantitative estimate of drug-likeness (QED) is 0.761. The molecule has 17 heavy (non-hydrogen) atoms. The largest absolute Gasteiger partial charge is 0.370 e. The van der Waals surface area contributed by atoms with Crippen LogP contribution in [0, 0.1) is 10.8 Å². The van der Waals surface area contributed by atoms with E-state index < -0.39 is 0 Å². The van der Waals surface area contributed by atoms with Crippen molar-refractivity contribution in [3.05, 3.63) is 0 Å². The molecule has 2 aliphatic rings.